The molecule has 7 heteroatoms. The van der Waals surface area contributed by atoms with Crippen molar-refractivity contribution in [2.24, 2.45) is 0 Å². The highest BCUT2D eigenvalue weighted by Gasteiger charge is 2.15. The predicted octanol–water partition coefficient (Wildman–Crippen LogP) is 0.918. The van der Waals surface area contributed by atoms with Crippen LogP contribution in [0.1, 0.15) is 42.5 Å². The summed E-state index contributed by atoms with van der Waals surface area (Å²) in [6.45, 7) is 1.89. The van der Waals surface area contributed by atoms with Gasteiger partial charge in [-0.3, -0.25) is 14.4 Å². The number of hydrogen-bond acceptors (Lipinski definition) is 4. The average Bonchev–Trinajstić information content (AvgIpc) is 3.01. The van der Waals surface area contributed by atoms with Gasteiger partial charge in [-0.05, 0) is 25.3 Å². The van der Waals surface area contributed by atoms with E-state index >= 15 is 0 Å². The van der Waals surface area contributed by atoms with Crippen LogP contribution in [0.25, 0.3) is 0 Å². The second-order valence-electron chi connectivity index (χ2n) is 5.59. The van der Waals surface area contributed by atoms with Crippen LogP contribution in [0.2, 0.25) is 0 Å². The Hall–Kier alpha value is -2.31. The minimum Gasteiger partial charge on any atom is -0.472 e. The fraction of sp³-hybridized carbons (Fsp3) is 0.562. The molecule has 0 saturated carbocycles. The highest BCUT2D eigenvalue weighted by molar-refractivity contribution is 5.96. The Balaban J connectivity index is 1.57. The van der Waals surface area contributed by atoms with E-state index in [2.05, 4.69) is 10.6 Å². The third-order valence-corrected chi connectivity index (χ3v) is 3.79. The maximum Gasteiger partial charge on any atom is 0.254 e. The van der Waals surface area contributed by atoms with Gasteiger partial charge in [-0.25, -0.2) is 0 Å². The molecule has 0 aliphatic carbocycles. The van der Waals surface area contributed by atoms with Crippen LogP contribution in [0.3, 0.4) is 0 Å². The maximum atomic E-state index is 11.8. The van der Waals surface area contributed by atoms with E-state index in [1.54, 1.807) is 0 Å². The monoisotopic (exact) mass is 321 g/mol. The van der Waals surface area contributed by atoms with E-state index < -0.39 is 0 Å². The number of carbonyl (C=O) groups excluding carboxylic acids is 3. The van der Waals surface area contributed by atoms with Gasteiger partial charge in [0.25, 0.3) is 5.91 Å². The van der Waals surface area contributed by atoms with Crippen molar-refractivity contribution in [2.75, 3.05) is 26.2 Å². The standard InChI is InChI=1S/C16H23N3O4/c20-14(11-18-16(22)13-6-10-23-12-13)17-7-4-9-19-8-3-1-2-5-15(19)21/h6,10,12H,1-5,7-9,11H2,(H,17,20)(H,18,22). The van der Waals surface area contributed by atoms with Crippen LogP contribution in [0.15, 0.2) is 23.0 Å². The van der Waals surface area contributed by atoms with E-state index in [1.807, 2.05) is 4.90 Å². The van der Waals surface area contributed by atoms with Gasteiger partial charge in [-0.15, -0.1) is 0 Å². The molecule has 3 amide bonds. The van der Waals surface area contributed by atoms with E-state index in [1.165, 1.54) is 18.6 Å². The largest absolute Gasteiger partial charge is 0.472 e. The average molecular weight is 321 g/mol. The lowest BCUT2D eigenvalue weighted by molar-refractivity contribution is -0.130. The molecular weight excluding hydrogens is 298 g/mol. The lowest BCUT2D eigenvalue weighted by Crippen LogP contribution is -2.38. The number of nitrogens with one attached hydrogen (secondary N) is 2. The van der Waals surface area contributed by atoms with Crippen molar-refractivity contribution in [3.8, 4) is 0 Å². The zero-order valence-electron chi connectivity index (χ0n) is 13.2. The van der Waals surface area contributed by atoms with Crippen LogP contribution in [0.4, 0.5) is 0 Å². The summed E-state index contributed by atoms with van der Waals surface area (Å²) in [5, 5.41) is 5.25. The van der Waals surface area contributed by atoms with Gasteiger partial charge in [0, 0.05) is 26.1 Å². The normalized spacial score (nSPS) is 15.1. The molecule has 0 radical (unpaired) electrons. The molecular formula is C16H23N3O4. The van der Waals surface area contributed by atoms with Crippen LogP contribution in [-0.4, -0.2) is 48.8 Å². The minimum atomic E-state index is -0.343. The second-order valence-corrected chi connectivity index (χ2v) is 5.59. The topological polar surface area (TPSA) is 91.7 Å². The van der Waals surface area contributed by atoms with E-state index in [0.717, 1.165) is 25.8 Å². The fourth-order valence-corrected chi connectivity index (χ4v) is 2.49. The Kier molecular flexibility index (Phi) is 6.65. The number of nitrogens with zero attached hydrogens (tertiary/aromatic N) is 1. The van der Waals surface area contributed by atoms with Crippen molar-refractivity contribution in [3.63, 3.8) is 0 Å². The Morgan fingerprint density at radius 1 is 1.22 bits per heavy atom. The molecule has 0 unspecified atom stereocenters. The summed E-state index contributed by atoms with van der Waals surface area (Å²) >= 11 is 0. The van der Waals surface area contributed by atoms with E-state index in [9.17, 15) is 14.4 Å². The second kappa shape index (κ2) is 8.97. The fourth-order valence-electron chi connectivity index (χ4n) is 2.49. The highest BCUT2D eigenvalue weighted by atomic mass is 16.3. The van der Waals surface area contributed by atoms with Crippen molar-refractivity contribution < 1.29 is 18.8 Å². The summed E-state index contributed by atoms with van der Waals surface area (Å²) in [5.41, 5.74) is 0.387. The molecule has 0 bridgehead atoms. The van der Waals surface area contributed by atoms with Crippen molar-refractivity contribution in [2.45, 2.75) is 32.1 Å². The molecule has 1 aliphatic rings. The van der Waals surface area contributed by atoms with E-state index in [-0.39, 0.29) is 24.3 Å². The number of rotatable bonds is 7. The minimum absolute atomic E-state index is 0.0767. The smallest absolute Gasteiger partial charge is 0.254 e. The lowest BCUT2D eigenvalue weighted by atomic mass is 10.2. The molecule has 2 rings (SSSR count). The number of carbonyl (C=O) groups is 3. The molecule has 1 aromatic rings. The van der Waals surface area contributed by atoms with Crippen molar-refractivity contribution in [1.29, 1.82) is 0 Å². The van der Waals surface area contributed by atoms with Gasteiger partial charge in [0.05, 0.1) is 18.4 Å². The summed E-state index contributed by atoms with van der Waals surface area (Å²) in [5.74, 6) is -0.380. The zero-order chi connectivity index (χ0) is 16.5. The van der Waals surface area contributed by atoms with Gasteiger partial charge in [-0.1, -0.05) is 6.42 Å². The van der Waals surface area contributed by atoms with Crippen LogP contribution in [-0.2, 0) is 9.59 Å². The van der Waals surface area contributed by atoms with Crippen LogP contribution < -0.4 is 10.6 Å². The molecule has 0 spiro atoms. The summed E-state index contributed by atoms with van der Waals surface area (Å²) in [6, 6.07) is 1.53. The summed E-state index contributed by atoms with van der Waals surface area (Å²) < 4.78 is 4.80. The summed E-state index contributed by atoms with van der Waals surface area (Å²) in [6.07, 6.45) is 7.21. The Labute approximate surface area is 135 Å². The van der Waals surface area contributed by atoms with Crippen LogP contribution in [0.5, 0.6) is 0 Å². The van der Waals surface area contributed by atoms with Gasteiger partial charge in [0.2, 0.25) is 11.8 Å². The van der Waals surface area contributed by atoms with Gasteiger partial charge in [-0.2, -0.15) is 0 Å². The lowest BCUT2D eigenvalue weighted by Gasteiger charge is -2.20. The van der Waals surface area contributed by atoms with Gasteiger partial charge >= 0.3 is 0 Å². The van der Waals surface area contributed by atoms with E-state index in [0.29, 0.717) is 31.5 Å². The first kappa shape index (κ1) is 17.1. The third-order valence-electron chi connectivity index (χ3n) is 3.79. The van der Waals surface area contributed by atoms with Crippen molar-refractivity contribution in [1.82, 2.24) is 15.5 Å². The van der Waals surface area contributed by atoms with Gasteiger partial charge < -0.3 is 20.0 Å². The Morgan fingerprint density at radius 3 is 2.87 bits per heavy atom. The van der Waals surface area contributed by atoms with Gasteiger partial charge in [0.1, 0.15) is 6.26 Å². The highest BCUT2D eigenvalue weighted by Crippen LogP contribution is 2.11. The molecule has 1 aliphatic heterocycles. The quantitative estimate of drug-likeness (QED) is 0.731. The number of hydrogen-bond donors (Lipinski definition) is 2. The zero-order valence-corrected chi connectivity index (χ0v) is 13.2. The molecule has 1 saturated heterocycles. The van der Waals surface area contributed by atoms with Crippen LogP contribution >= 0.6 is 0 Å². The molecule has 2 N–H and O–H groups in total. The molecule has 0 atom stereocenters. The number of furan rings is 1. The molecule has 1 fully saturated rings. The Bertz CT molecular complexity index is 527. The summed E-state index contributed by atoms with van der Waals surface area (Å²) in [4.78, 5) is 37.0. The van der Waals surface area contributed by atoms with E-state index in [4.69, 9.17) is 4.42 Å². The molecule has 2 heterocycles. The number of amides is 3. The first-order valence-electron chi connectivity index (χ1n) is 8.01. The Morgan fingerprint density at radius 2 is 2.09 bits per heavy atom. The third kappa shape index (κ3) is 5.77. The van der Waals surface area contributed by atoms with Crippen LogP contribution in [0, 0.1) is 0 Å². The summed E-state index contributed by atoms with van der Waals surface area (Å²) in [7, 11) is 0. The molecule has 126 valence electrons. The van der Waals surface area contributed by atoms with Crippen molar-refractivity contribution in [3.05, 3.63) is 24.2 Å². The first-order chi connectivity index (χ1) is 11.2. The van der Waals surface area contributed by atoms with Gasteiger partial charge in [0.15, 0.2) is 0 Å². The first-order valence-corrected chi connectivity index (χ1v) is 8.01. The predicted molar refractivity (Wildman–Crippen MR) is 83.7 cm³/mol. The molecule has 23 heavy (non-hydrogen) atoms. The SMILES string of the molecule is O=C(CNC(=O)c1ccoc1)NCCCN1CCCCCC1=O. The number of likely N-dealkylation sites (tertiary alicyclic amines) is 1. The van der Waals surface area contributed by atoms with Crippen molar-refractivity contribution >= 4 is 17.7 Å². The molecule has 0 aromatic carbocycles. The molecule has 7 nitrogen and oxygen atoms in total. The maximum absolute atomic E-state index is 11.8. The molecule has 1 aromatic heterocycles.